The first-order valence-electron chi connectivity index (χ1n) is 20.1. The van der Waals surface area contributed by atoms with Crippen LogP contribution in [0.1, 0.15) is 43.2 Å². The molecule has 3 heterocycles. The maximum absolute atomic E-state index is 14.1. The van der Waals surface area contributed by atoms with Crippen molar-refractivity contribution in [1.29, 1.82) is 0 Å². The van der Waals surface area contributed by atoms with E-state index >= 15 is 0 Å². The van der Waals surface area contributed by atoms with E-state index in [9.17, 15) is 14.4 Å². The highest BCUT2D eigenvalue weighted by Gasteiger charge is 2.44. The van der Waals surface area contributed by atoms with Crippen molar-refractivity contribution in [2.75, 3.05) is 31.0 Å². The molecule has 15 heteroatoms. The van der Waals surface area contributed by atoms with Gasteiger partial charge in [-0.05, 0) is 65.2 Å². The van der Waals surface area contributed by atoms with Gasteiger partial charge in [-0.15, -0.1) is 0 Å². The molecular weight excluding hydrogens is 805 g/mol. The molecule has 2 amide bonds. The van der Waals surface area contributed by atoms with Crippen LogP contribution in [0.2, 0.25) is 0 Å². The molecule has 1 saturated heterocycles. The summed E-state index contributed by atoms with van der Waals surface area (Å²) in [7, 11) is 3.22. The van der Waals surface area contributed by atoms with Crippen LogP contribution in [0.15, 0.2) is 146 Å². The molecule has 7 aromatic rings. The molecule has 320 valence electrons. The fourth-order valence-corrected chi connectivity index (χ4v) is 7.70. The number of methoxy groups -OCH3 is 2. The number of para-hydroxylation sites is 2. The standard InChI is InChI=1S/C48H44N6O9/c1-31(55)50-46-51-43-42(44(52-46)62-47(57)54(36-16-10-6-11-17-36)37-18-12-7-13-19-37)49-30-53(43)45-41(61-32(2)56)28-40(29-60-45)63-48(33-14-8-5-9-15-33,34-20-24-38(58-3)25-21-34)35-22-26-39(59-4)27-23-35/h5-27,30,40-41,45H,28-29H2,1-4H3,(H,50,51,52,55)/t40-,41+,45+/m0/s1. The van der Waals surface area contributed by atoms with Gasteiger partial charge in [0.2, 0.25) is 11.9 Å². The predicted molar refractivity (Wildman–Crippen MR) is 233 cm³/mol. The van der Waals surface area contributed by atoms with Gasteiger partial charge in [0.15, 0.2) is 17.4 Å². The van der Waals surface area contributed by atoms with Crippen molar-refractivity contribution in [2.24, 2.45) is 0 Å². The molecule has 8 rings (SSSR count). The zero-order valence-electron chi connectivity index (χ0n) is 34.9. The molecule has 1 N–H and O–H groups in total. The van der Waals surface area contributed by atoms with Gasteiger partial charge in [-0.3, -0.25) is 19.5 Å². The second-order valence-electron chi connectivity index (χ2n) is 14.6. The molecule has 0 spiro atoms. The van der Waals surface area contributed by atoms with Crippen LogP contribution in [0.4, 0.5) is 22.1 Å². The number of hydrogen-bond donors (Lipinski definition) is 1. The molecule has 0 radical (unpaired) electrons. The average Bonchev–Trinajstić information content (AvgIpc) is 3.73. The van der Waals surface area contributed by atoms with Gasteiger partial charge in [0.05, 0.1) is 44.6 Å². The lowest BCUT2D eigenvalue weighted by Crippen LogP contribution is -2.46. The molecule has 3 atom stereocenters. The van der Waals surface area contributed by atoms with Gasteiger partial charge in [-0.2, -0.15) is 9.97 Å². The second kappa shape index (κ2) is 18.6. The van der Waals surface area contributed by atoms with Crippen LogP contribution in [0.25, 0.3) is 11.2 Å². The summed E-state index contributed by atoms with van der Waals surface area (Å²) in [4.78, 5) is 54.2. The molecule has 2 aromatic heterocycles. The predicted octanol–water partition coefficient (Wildman–Crippen LogP) is 8.37. The number of nitrogens with one attached hydrogen (secondary N) is 1. The van der Waals surface area contributed by atoms with Crippen LogP contribution in [-0.2, 0) is 29.4 Å². The van der Waals surface area contributed by atoms with Gasteiger partial charge in [0, 0.05) is 20.3 Å². The quantitative estimate of drug-likeness (QED) is 0.0872. The monoisotopic (exact) mass is 848 g/mol. The zero-order chi connectivity index (χ0) is 43.9. The second-order valence-corrected chi connectivity index (χ2v) is 14.6. The molecule has 0 saturated carbocycles. The number of aromatic nitrogens is 4. The Hall–Kier alpha value is -7.62. The summed E-state index contributed by atoms with van der Waals surface area (Å²) >= 11 is 0. The largest absolute Gasteiger partial charge is 0.497 e. The number of carbonyl (C=O) groups is 3. The molecule has 5 aromatic carbocycles. The van der Waals surface area contributed by atoms with Crippen molar-refractivity contribution in [2.45, 2.75) is 44.3 Å². The van der Waals surface area contributed by atoms with Crippen LogP contribution >= 0.6 is 0 Å². The molecule has 0 aliphatic carbocycles. The van der Waals surface area contributed by atoms with Gasteiger partial charge in [0.25, 0.3) is 5.88 Å². The van der Waals surface area contributed by atoms with E-state index in [-0.39, 0.29) is 36.0 Å². The maximum Gasteiger partial charge on any atom is 0.425 e. The molecule has 15 nitrogen and oxygen atoms in total. The number of amides is 2. The number of anilines is 3. The SMILES string of the molecule is COc1ccc(C(O[C@@H]2CO[C@@H](n3cnc4c(OC(=O)N(c5ccccc5)c5ccccc5)nc(NC(C)=O)nc43)[C@H](OC(C)=O)C2)(c2ccccc2)c2ccc(OC)cc2)cc1. The minimum atomic E-state index is -1.18. The molecule has 63 heavy (non-hydrogen) atoms. The number of hydrogen-bond acceptors (Lipinski definition) is 12. The normalized spacial score (nSPS) is 16.2. The van der Waals surface area contributed by atoms with Crippen molar-refractivity contribution in [3.8, 4) is 17.4 Å². The Morgan fingerprint density at radius 2 is 1.27 bits per heavy atom. The smallest absolute Gasteiger partial charge is 0.425 e. The van der Waals surface area contributed by atoms with Crippen LogP contribution in [-0.4, -0.2) is 70.5 Å². The summed E-state index contributed by atoms with van der Waals surface area (Å²) in [6, 6.07) is 43.1. The molecular formula is C48H44N6O9. The number of ether oxygens (including phenoxy) is 6. The van der Waals surface area contributed by atoms with E-state index in [1.807, 2.05) is 91.0 Å². The summed E-state index contributed by atoms with van der Waals surface area (Å²) in [5.41, 5.74) is 2.59. The van der Waals surface area contributed by atoms with Gasteiger partial charge in [-0.1, -0.05) is 91.0 Å². The van der Waals surface area contributed by atoms with E-state index in [1.54, 1.807) is 67.3 Å². The fraction of sp³-hybridized carbons (Fsp3) is 0.208. The number of rotatable bonds is 13. The molecule has 0 bridgehead atoms. The number of benzene rings is 5. The lowest BCUT2D eigenvalue weighted by Gasteiger charge is -2.42. The van der Waals surface area contributed by atoms with Gasteiger partial charge in [-0.25, -0.2) is 14.7 Å². The molecule has 1 aliphatic heterocycles. The van der Waals surface area contributed by atoms with Crippen LogP contribution < -0.4 is 24.4 Å². The number of esters is 1. The van der Waals surface area contributed by atoms with Crippen LogP contribution in [0, 0.1) is 0 Å². The highest BCUT2D eigenvalue weighted by atomic mass is 16.6. The first kappa shape index (κ1) is 42.1. The number of imidazole rings is 1. The topological polar surface area (TPSA) is 165 Å². The van der Waals surface area contributed by atoms with Crippen molar-refractivity contribution in [1.82, 2.24) is 19.5 Å². The summed E-state index contributed by atoms with van der Waals surface area (Å²) < 4.78 is 38.5. The van der Waals surface area contributed by atoms with Crippen molar-refractivity contribution in [3.63, 3.8) is 0 Å². The van der Waals surface area contributed by atoms with E-state index in [2.05, 4.69) is 20.3 Å². The van der Waals surface area contributed by atoms with Crippen LogP contribution in [0.3, 0.4) is 0 Å². The minimum Gasteiger partial charge on any atom is -0.497 e. The number of fused-ring (bicyclic) bond motifs is 1. The van der Waals surface area contributed by atoms with Crippen molar-refractivity contribution < 1.29 is 42.8 Å². The van der Waals surface area contributed by atoms with E-state index in [4.69, 9.17) is 28.4 Å². The van der Waals surface area contributed by atoms with E-state index in [1.165, 1.54) is 25.1 Å². The Morgan fingerprint density at radius 3 is 1.79 bits per heavy atom. The Kier molecular flexibility index (Phi) is 12.4. The highest BCUT2D eigenvalue weighted by Crippen LogP contribution is 2.45. The first-order chi connectivity index (χ1) is 30.7. The Labute approximate surface area is 363 Å². The number of nitrogens with zero attached hydrogens (tertiary/aromatic N) is 5. The van der Waals surface area contributed by atoms with E-state index in [0.717, 1.165) is 16.7 Å². The molecule has 1 aliphatic rings. The van der Waals surface area contributed by atoms with Crippen molar-refractivity contribution in [3.05, 3.63) is 163 Å². The summed E-state index contributed by atoms with van der Waals surface area (Å²) in [5.74, 6) is -0.0430. The number of carbonyl (C=O) groups excluding carboxylic acids is 3. The third-order valence-electron chi connectivity index (χ3n) is 10.4. The third-order valence-corrected chi connectivity index (χ3v) is 10.4. The van der Waals surface area contributed by atoms with Gasteiger partial charge in [0.1, 0.15) is 23.2 Å². The Morgan fingerprint density at radius 1 is 0.730 bits per heavy atom. The van der Waals surface area contributed by atoms with Gasteiger partial charge >= 0.3 is 12.1 Å². The Bertz CT molecular complexity index is 2590. The molecule has 0 unspecified atom stereocenters. The lowest BCUT2D eigenvalue weighted by atomic mass is 9.79. The minimum absolute atomic E-state index is 0.0393. The summed E-state index contributed by atoms with van der Waals surface area (Å²) in [6.45, 7) is 2.66. The van der Waals surface area contributed by atoms with E-state index < -0.39 is 42.0 Å². The zero-order valence-corrected chi connectivity index (χ0v) is 34.9. The fourth-order valence-electron chi connectivity index (χ4n) is 7.70. The Balaban J connectivity index is 1.16. The summed E-state index contributed by atoms with van der Waals surface area (Å²) in [6.07, 6.45) is -1.74. The van der Waals surface area contributed by atoms with Gasteiger partial charge < -0.3 is 28.4 Å². The lowest BCUT2D eigenvalue weighted by molar-refractivity contribution is -0.204. The van der Waals surface area contributed by atoms with E-state index in [0.29, 0.717) is 22.9 Å². The van der Waals surface area contributed by atoms with Crippen molar-refractivity contribution >= 4 is 46.5 Å². The average molecular weight is 849 g/mol. The first-order valence-corrected chi connectivity index (χ1v) is 20.1. The highest BCUT2D eigenvalue weighted by molar-refractivity contribution is 5.98. The third kappa shape index (κ3) is 8.91. The van der Waals surface area contributed by atoms with Crippen LogP contribution in [0.5, 0.6) is 17.4 Å². The maximum atomic E-state index is 14.1. The molecule has 1 fully saturated rings. The summed E-state index contributed by atoms with van der Waals surface area (Å²) in [5, 5.41) is 2.59.